The third kappa shape index (κ3) is 7.75. The summed E-state index contributed by atoms with van der Waals surface area (Å²) in [6, 6.07) is 7.72. The van der Waals surface area contributed by atoms with E-state index in [0.717, 1.165) is 18.4 Å². The van der Waals surface area contributed by atoms with E-state index in [1.807, 2.05) is 17.0 Å². The van der Waals surface area contributed by atoms with Crippen molar-refractivity contribution in [3.05, 3.63) is 59.2 Å². The summed E-state index contributed by atoms with van der Waals surface area (Å²) in [5, 5.41) is 4.54. The smallest absolute Gasteiger partial charge is 0.307 e. The van der Waals surface area contributed by atoms with Crippen molar-refractivity contribution >= 4 is 47.1 Å². The molecule has 0 bridgehead atoms. The minimum absolute atomic E-state index is 0. The maximum absolute atomic E-state index is 14.8. The highest BCUT2D eigenvalue weighted by molar-refractivity contribution is 8.14. The number of carbonyl (C=O) groups is 3. The van der Waals surface area contributed by atoms with Crippen molar-refractivity contribution in [2.75, 3.05) is 19.7 Å². The van der Waals surface area contributed by atoms with Crippen LogP contribution in [0.3, 0.4) is 0 Å². The van der Waals surface area contributed by atoms with Gasteiger partial charge in [0.05, 0.1) is 31.3 Å². The Morgan fingerprint density at radius 1 is 1.22 bits per heavy atom. The molecule has 2 unspecified atom stereocenters. The molecule has 2 aromatic rings. The molecule has 0 radical (unpaired) electrons. The van der Waals surface area contributed by atoms with Crippen molar-refractivity contribution in [2.24, 2.45) is 5.92 Å². The number of piperidine rings is 1. The van der Waals surface area contributed by atoms with E-state index in [1.54, 1.807) is 42.9 Å². The Balaban J connectivity index is 0.00000380. The molecule has 10 heteroatoms. The second kappa shape index (κ2) is 13.3. The summed E-state index contributed by atoms with van der Waals surface area (Å²) in [7, 11) is 0. The van der Waals surface area contributed by atoms with Gasteiger partial charge in [0.15, 0.2) is 10.9 Å². The predicted octanol–water partition coefficient (Wildman–Crippen LogP) is 4.86. The number of likely N-dealkylation sites (tertiary alicyclic amines) is 1. The Bertz CT molecular complexity index is 1150. The fourth-order valence-corrected chi connectivity index (χ4v) is 5.52. The van der Waals surface area contributed by atoms with Crippen molar-refractivity contribution in [2.45, 2.75) is 57.4 Å². The van der Waals surface area contributed by atoms with Crippen molar-refractivity contribution in [3.8, 4) is 0 Å². The fraction of sp³-hybridized carbons (Fsp3) is 0.481. The quantitative estimate of drug-likeness (QED) is 0.392. The molecule has 2 heterocycles. The van der Waals surface area contributed by atoms with Gasteiger partial charge in [0.25, 0.3) is 0 Å². The van der Waals surface area contributed by atoms with Gasteiger partial charge in [0.1, 0.15) is 5.82 Å². The van der Waals surface area contributed by atoms with Gasteiger partial charge in [-0.1, -0.05) is 30.0 Å². The first kappa shape index (κ1) is 29.1. The lowest BCUT2D eigenvalue weighted by Gasteiger charge is -2.38. The zero-order valence-corrected chi connectivity index (χ0v) is 22.7. The number of halogens is 2. The number of rotatable bonds is 10. The van der Waals surface area contributed by atoms with Crippen LogP contribution in [0.4, 0.5) is 4.39 Å². The van der Waals surface area contributed by atoms with E-state index in [-0.39, 0.29) is 52.7 Å². The second-order valence-corrected chi connectivity index (χ2v) is 10.6. The van der Waals surface area contributed by atoms with Gasteiger partial charge in [-0.15, -0.1) is 12.4 Å². The molecule has 200 valence electrons. The maximum Gasteiger partial charge on any atom is 0.307 e. The lowest BCUT2D eigenvalue weighted by Crippen LogP contribution is -2.43. The normalized spacial score (nSPS) is 19.8. The third-order valence-electron chi connectivity index (χ3n) is 6.45. The van der Waals surface area contributed by atoms with Crippen LogP contribution in [0, 0.1) is 11.7 Å². The molecule has 1 aromatic carbocycles. The van der Waals surface area contributed by atoms with Crippen LogP contribution in [0.2, 0.25) is 0 Å². The maximum atomic E-state index is 14.8. The summed E-state index contributed by atoms with van der Waals surface area (Å²) >= 11 is 1.28. The largest absolute Gasteiger partial charge is 0.466 e. The Morgan fingerprint density at radius 2 is 1.97 bits per heavy atom. The number of nitrogens with zero attached hydrogens (tertiary/aromatic N) is 3. The number of hydrogen-bond acceptors (Lipinski definition) is 7. The number of carbonyl (C=O) groups excluding carboxylic acids is 3. The van der Waals surface area contributed by atoms with Gasteiger partial charge in [0, 0.05) is 42.9 Å². The number of benzene rings is 1. The molecular formula is C27H33ClFN3O4S. The molecular weight excluding hydrogens is 517 g/mol. The number of ether oxygens (including phenoxy) is 1. The number of Topliss-reactive ketones (excluding diaryl/α,β-unsaturated/α-hetero) is 1. The lowest BCUT2D eigenvalue weighted by atomic mass is 9.93. The van der Waals surface area contributed by atoms with Crippen LogP contribution in [0.25, 0.3) is 6.08 Å². The summed E-state index contributed by atoms with van der Waals surface area (Å²) in [6.07, 6.45) is 6.36. The van der Waals surface area contributed by atoms with E-state index in [4.69, 9.17) is 4.74 Å². The molecule has 7 nitrogen and oxygen atoms in total. The van der Waals surface area contributed by atoms with Crippen LogP contribution < -0.4 is 0 Å². The van der Waals surface area contributed by atoms with E-state index in [0.29, 0.717) is 43.9 Å². The number of ketones is 1. The Morgan fingerprint density at radius 3 is 2.65 bits per heavy atom. The van der Waals surface area contributed by atoms with Gasteiger partial charge in [-0.2, -0.15) is 5.10 Å². The van der Waals surface area contributed by atoms with E-state index < -0.39 is 6.04 Å². The molecule has 0 spiro atoms. The standard InChI is InChI=1S/C27H32FN3O4S.ClH/c1-3-35-25(33)12-15-31-14-10-21(29-31)16-20-17-30(13-11-24(20)36-18(2)32)26(27(34)19-8-9-19)22-6-4-5-7-23(22)28;/h4-7,10,14,16,19,24,26H,3,8-9,11-13,15,17H2,1-2H3;1H. The average Bonchev–Trinajstić information content (AvgIpc) is 3.60. The van der Waals surface area contributed by atoms with E-state index in [1.165, 1.54) is 17.8 Å². The molecule has 1 aliphatic heterocycles. The van der Waals surface area contributed by atoms with Crippen LogP contribution in [-0.4, -0.2) is 56.5 Å². The average molecular weight is 550 g/mol. The Hall–Kier alpha value is -2.49. The topological polar surface area (TPSA) is 81.5 Å². The third-order valence-corrected chi connectivity index (χ3v) is 7.60. The molecule has 1 aromatic heterocycles. The van der Waals surface area contributed by atoms with Gasteiger partial charge < -0.3 is 4.74 Å². The first-order valence-electron chi connectivity index (χ1n) is 12.4. The van der Waals surface area contributed by atoms with Crippen LogP contribution in [0.5, 0.6) is 0 Å². The van der Waals surface area contributed by atoms with Gasteiger partial charge in [-0.3, -0.25) is 24.0 Å². The minimum atomic E-state index is -0.646. The van der Waals surface area contributed by atoms with Crippen LogP contribution in [-0.2, 0) is 25.7 Å². The summed E-state index contributed by atoms with van der Waals surface area (Å²) in [4.78, 5) is 39.0. The van der Waals surface area contributed by atoms with Gasteiger partial charge >= 0.3 is 5.97 Å². The highest BCUT2D eigenvalue weighted by Gasteiger charge is 2.41. The van der Waals surface area contributed by atoms with Crippen molar-refractivity contribution < 1.29 is 23.5 Å². The first-order valence-corrected chi connectivity index (χ1v) is 13.3. The number of thioether (sulfide) groups is 1. The SMILES string of the molecule is CCOC(=O)CCn1ccc(C=C2CN(C(C(=O)C3CC3)c3ccccc3F)CCC2SC(C)=O)n1.Cl. The molecule has 1 aliphatic carbocycles. The van der Waals surface area contributed by atoms with Crippen LogP contribution >= 0.6 is 24.2 Å². The number of esters is 1. The van der Waals surface area contributed by atoms with Gasteiger partial charge in [0.2, 0.25) is 0 Å². The van der Waals surface area contributed by atoms with Crippen LogP contribution in [0.15, 0.2) is 42.1 Å². The summed E-state index contributed by atoms with van der Waals surface area (Å²) < 4.78 is 21.5. The Labute approximate surface area is 227 Å². The molecule has 1 saturated heterocycles. The minimum Gasteiger partial charge on any atom is -0.466 e. The highest BCUT2D eigenvalue weighted by atomic mass is 35.5. The van der Waals surface area contributed by atoms with E-state index in [2.05, 4.69) is 5.10 Å². The molecule has 2 aliphatic rings. The zero-order chi connectivity index (χ0) is 25.7. The van der Waals surface area contributed by atoms with E-state index in [9.17, 15) is 18.8 Å². The van der Waals surface area contributed by atoms with Crippen molar-refractivity contribution in [1.82, 2.24) is 14.7 Å². The monoisotopic (exact) mass is 549 g/mol. The number of hydrogen-bond donors (Lipinski definition) is 0. The highest BCUT2D eigenvalue weighted by Crippen LogP contribution is 2.40. The molecule has 2 fully saturated rings. The predicted molar refractivity (Wildman–Crippen MR) is 144 cm³/mol. The van der Waals surface area contributed by atoms with Crippen molar-refractivity contribution in [3.63, 3.8) is 0 Å². The molecule has 1 saturated carbocycles. The molecule has 0 N–H and O–H groups in total. The number of aryl methyl sites for hydroxylation is 1. The zero-order valence-electron chi connectivity index (χ0n) is 21.1. The van der Waals surface area contributed by atoms with Gasteiger partial charge in [-0.25, -0.2) is 4.39 Å². The molecule has 0 amide bonds. The fourth-order valence-electron chi connectivity index (χ4n) is 4.60. The summed E-state index contributed by atoms with van der Waals surface area (Å²) in [6.45, 7) is 5.11. The van der Waals surface area contributed by atoms with Crippen LogP contribution in [0.1, 0.15) is 56.8 Å². The molecule has 37 heavy (non-hydrogen) atoms. The Kier molecular flexibility index (Phi) is 10.5. The van der Waals surface area contributed by atoms with Crippen molar-refractivity contribution in [1.29, 1.82) is 0 Å². The molecule has 2 atom stereocenters. The van der Waals surface area contributed by atoms with Gasteiger partial charge in [-0.05, 0) is 50.0 Å². The van der Waals surface area contributed by atoms with E-state index >= 15 is 0 Å². The lowest BCUT2D eigenvalue weighted by molar-refractivity contribution is -0.143. The second-order valence-electron chi connectivity index (χ2n) is 9.24. The number of aromatic nitrogens is 2. The summed E-state index contributed by atoms with van der Waals surface area (Å²) in [5.41, 5.74) is 2.09. The first-order chi connectivity index (χ1) is 17.4. The summed E-state index contributed by atoms with van der Waals surface area (Å²) in [5.74, 6) is -0.585. The molecule has 4 rings (SSSR count).